The second kappa shape index (κ2) is 4.76. The Morgan fingerprint density at radius 1 is 1.29 bits per heavy atom. The average Bonchev–Trinajstić information content (AvgIpc) is 2.34. The van der Waals surface area contributed by atoms with E-state index in [0.717, 1.165) is 0 Å². The summed E-state index contributed by atoms with van der Waals surface area (Å²) >= 11 is 5.75. The fourth-order valence-corrected chi connectivity index (χ4v) is 1.39. The van der Waals surface area contributed by atoms with Crippen molar-refractivity contribution in [3.05, 3.63) is 47.1 Å². The normalized spacial score (nSPS) is 9.71. The van der Waals surface area contributed by atoms with E-state index in [2.05, 4.69) is 15.3 Å². The monoisotopic (exact) mass is 248 g/mol. The number of nitrogens with one attached hydrogen (secondary N) is 1. The lowest BCUT2D eigenvalue weighted by atomic mass is 10.3. The third-order valence-electron chi connectivity index (χ3n) is 1.97. The van der Waals surface area contributed by atoms with E-state index in [9.17, 15) is 4.39 Å². The minimum absolute atomic E-state index is 0.195. The van der Waals surface area contributed by atoms with Crippen molar-refractivity contribution in [2.75, 3.05) is 5.32 Å². The second-order valence-corrected chi connectivity index (χ2v) is 3.59. The number of aromatic nitrogens is 2. The smallest absolute Gasteiger partial charge is 0.146 e. The van der Waals surface area contributed by atoms with Gasteiger partial charge in [-0.1, -0.05) is 11.6 Å². The van der Waals surface area contributed by atoms with Gasteiger partial charge < -0.3 is 5.32 Å². The van der Waals surface area contributed by atoms with Crippen LogP contribution in [0.3, 0.4) is 0 Å². The van der Waals surface area contributed by atoms with Gasteiger partial charge in [0.15, 0.2) is 0 Å². The zero-order valence-electron chi connectivity index (χ0n) is 8.48. The van der Waals surface area contributed by atoms with Crippen molar-refractivity contribution in [3.8, 4) is 6.07 Å². The molecule has 0 aliphatic carbocycles. The molecule has 0 spiro atoms. The van der Waals surface area contributed by atoms with Crippen molar-refractivity contribution < 1.29 is 4.39 Å². The molecule has 0 saturated carbocycles. The Bertz CT molecular complexity index is 594. The lowest BCUT2D eigenvalue weighted by Crippen LogP contribution is -1.97. The van der Waals surface area contributed by atoms with Gasteiger partial charge in [0.05, 0.1) is 5.69 Å². The van der Waals surface area contributed by atoms with Crippen molar-refractivity contribution in [2.45, 2.75) is 0 Å². The minimum atomic E-state index is -0.452. The third kappa shape index (κ3) is 2.68. The predicted octanol–water partition coefficient (Wildman–Crippen LogP) is 2.88. The maximum Gasteiger partial charge on any atom is 0.146 e. The third-order valence-corrected chi connectivity index (χ3v) is 2.21. The van der Waals surface area contributed by atoms with Gasteiger partial charge in [-0.25, -0.2) is 14.4 Å². The summed E-state index contributed by atoms with van der Waals surface area (Å²) in [5, 5.41) is 11.8. The van der Waals surface area contributed by atoms with Gasteiger partial charge in [-0.3, -0.25) is 0 Å². The summed E-state index contributed by atoms with van der Waals surface area (Å²) in [4.78, 5) is 7.58. The van der Waals surface area contributed by atoms with E-state index in [-0.39, 0.29) is 11.4 Å². The molecule has 0 aliphatic heterocycles. The van der Waals surface area contributed by atoms with Gasteiger partial charge in [0.1, 0.15) is 29.7 Å². The van der Waals surface area contributed by atoms with E-state index < -0.39 is 5.82 Å². The second-order valence-electron chi connectivity index (χ2n) is 3.15. The summed E-state index contributed by atoms with van der Waals surface area (Å²) in [5.74, 6) is -0.121. The molecule has 0 fully saturated rings. The molecule has 0 bridgehead atoms. The van der Waals surface area contributed by atoms with Crippen molar-refractivity contribution in [3.63, 3.8) is 0 Å². The van der Waals surface area contributed by atoms with Crippen LogP contribution in [0.15, 0.2) is 30.6 Å². The molecular weight excluding hydrogens is 243 g/mol. The highest BCUT2D eigenvalue weighted by Crippen LogP contribution is 2.22. The number of anilines is 2. The largest absolute Gasteiger partial charge is 0.338 e. The Labute approximate surface area is 102 Å². The molecule has 0 amide bonds. The highest BCUT2D eigenvalue weighted by Gasteiger charge is 2.04. The molecule has 1 heterocycles. The highest BCUT2D eigenvalue weighted by atomic mass is 35.5. The molecule has 0 atom stereocenters. The van der Waals surface area contributed by atoms with E-state index >= 15 is 0 Å². The van der Waals surface area contributed by atoms with Crippen LogP contribution in [0.4, 0.5) is 15.9 Å². The first-order valence-corrected chi connectivity index (χ1v) is 5.01. The average molecular weight is 249 g/mol. The van der Waals surface area contributed by atoms with Gasteiger partial charge in [0, 0.05) is 11.1 Å². The molecule has 0 unspecified atom stereocenters. The van der Waals surface area contributed by atoms with Gasteiger partial charge in [0.25, 0.3) is 0 Å². The van der Waals surface area contributed by atoms with Gasteiger partial charge in [0.2, 0.25) is 0 Å². The first-order valence-electron chi connectivity index (χ1n) is 4.63. The molecule has 17 heavy (non-hydrogen) atoms. The van der Waals surface area contributed by atoms with Crippen molar-refractivity contribution in [1.82, 2.24) is 9.97 Å². The van der Waals surface area contributed by atoms with E-state index in [1.165, 1.54) is 30.6 Å². The summed E-state index contributed by atoms with van der Waals surface area (Å²) in [5.41, 5.74) is 0.394. The fraction of sp³-hybridized carbons (Fsp3) is 0. The standard InChI is InChI=1S/C11H6ClFN4/c12-7-1-2-9(13)10(3-7)17-11-4-8(5-14)15-6-16-11/h1-4,6H,(H,15,16,17). The van der Waals surface area contributed by atoms with Crippen LogP contribution in [0.5, 0.6) is 0 Å². The molecule has 4 nitrogen and oxygen atoms in total. The first-order chi connectivity index (χ1) is 8.19. The molecule has 2 aromatic rings. The zero-order valence-corrected chi connectivity index (χ0v) is 9.24. The molecule has 0 saturated heterocycles. The molecule has 1 aromatic heterocycles. The Kier molecular flexibility index (Phi) is 3.17. The molecular formula is C11H6ClFN4. The molecule has 84 valence electrons. The molecule has 0 radical (unpaired) electrons. The number of nitriles is 1. The topological polar surface area (TPSA) is 61.6 Å². The van der Waals surface area contributed by atoms with Crippen LogP contribution in [0, 0.1) is 17.1 Å². The predicted molar refractivity (Wildman–Crippen MR) is 61.4 cm³/mol. The van der Waals surface area contributed by atoms with Crippen molar-refractivity contribution in [2.24, 2.45) is 0 Å². The van der Waals surface area contributed by atoms with Crippen LogP contribution < -0.4 is 5.32 Å². The SMILES string of the molecule is N#Cc1cc(Nc2cc(Cl)ccc2F)ncn1. The Hall–Kier alpha value is -2.19. The Balaban J connectivity index is 2.31. The fourth-order valence-electron chi connectivity index (χ4n) is 1.22. The summed E-state index contributed by atoms with van der Waals surface area (Å²) in [6.45, 7) is 0. The first kappa shape index (κ1) is 11.3. The lowest BCUT2D eigenvalue weighted by molar-refractivity contribution is 0.632. The maximum atomic E-state index is 13.4. The van der Waals surface area contributed by atoms with Gasteiger partial charge in [-0.15, -0.1) is 0 Å². The van der Waals surface area contributed by atoms with Crippen LogP contribution >= 0.6 is 11.6 Å². The number of rotatable bonds is 2. The van der Waals surface area contributed by atoms with Crippen LogP contribution in [0.25, 0.3) is 0 Å². The van der Waals surface area contributed by atoms with Gasteiger partial charge in [-0.05, 0) is 18.2 Å². The molecule has 1 N–H and O–H groups in total. The molecule has 0 aliphatic rings. The molecule has 1 aromatic carbocycles. The van der Waals surface area contributed by atoms with Gasteiger partial charge in [-0.2, -0.15) is 5.26 Å². The summed E-state index contributed by atoms with van der Waals surface area (Å²) in [7, 11) is 0. The van der Waals surface area contributed by atoms with Crippen LogP contribution in [-0.4, -0.2) is 9.97 Å². The number of nitrogens with zero attached hydrogens (tertiary/aromatic N) is 3. The van der Waals surface area contributed by atoms with Crippen LogP contribution in [-0.2, 0) is 0 Å². The van der Waals surface area contributed by atoms with Crippen LogP contribution in [0.2, 0.25) is 5.02 Å². The lowest BCUT2D eigenvalue weighted by Gasteiger charge is -2.06. The highest BCUT2D eigenvalue weighted by molar-refractivity contribution is 6.30. The van der Waals surface area contributed by atoms with Gasteiger partial charge >= 0.3 is 0 Å². The van der Waals surface area contributed by atoms with Crippen molar-refractivity contribution in [1.29, 1.82) is 5.26 Å². The molecule has 2 rings (SSSR count). The van der Waals surface area contributed by atoms with Crippen molar-refractivity contribution >= 4 is 23.1 Å². The molecule has 6 heteroatoms. The minimum Gasteiger partial charge on any atom is -0.338 e. The van der Waals surface area contributed by atoms with E-state index in [4.69, 9.17) is 16.9 Å². The van der Waals surface area contributed by atoms with Crippen LogP contribution in [0.1, 0.15) is 5.69 Å². The van der Waals surface area contributed by atoms with E-state index in [1.54, 1.807) is 0 Å². The zero-order chi connectivity index (χ0) is 12.3. The maximum absolute atomic E-state index is 13.4. The van der Waals surface area contributed by atoms with E-state index in [0.29, 0.717) is 10.8 Å². The Morgan fingerprint density at radius 3 is 2.88 bits per heavy atom. The summed E-state index contributed by atoms with van der Waals surface area (Å²) < 4.78 is 13.4. The number of hydrogen-bond acceptors (Lipinski definition) is 4. The van der Waals surface area contributed by atoms with E-state index in [1.807, 2.05) is 6.07 Å². The number of hydrogen-bond donors (Lipinski definition) is 1. The number of halogens is 2. The summed E-state index contributed by atoms with van der Waals surface area (Å²) in [6, 6.07) is 7.42. The number of benzene rings is 1. The Morgan fingerprint density at radius 2 is 2.12 bits per heavy atom. The quantitative estimate of drug-likeness (QED) is 0.888. The summed E-state index contributed by atoms with van der Waals surface area (Å²) in [6.07, 6.45) is 1.23.